The quantitative estimate of drug-likeness (QED) is 0.381. The first-order chi connectivity index (χ1) is 14.7. The Hall–Kier alpha value is -3.52. The van der Waals surface area contributed by atoms with Gasteiger partial charge in [0.25, 0.3) is 0 Å². The molecule has 0 atom stereocenters. The number of nitrogens with one attached hydrogen (secondary N) is 2. The van der Waals surface area contributed by atoms with Crippen LogP contribution in [0.4, 0.5) is 15.6 Å². The molecule has 0 aliphatic carbocycles. The predicted octanol–water partition coefficient (Wildman–Crippen LogP) is 6.00. The number of aromatic nitrogens is 1. The molecule has 0 radical (unpaired) electrons. The van der Waals surface area contributed by atoms with Crippen molar-refractivity contribution < 1.29 is 18.7 Å². The fourth-order valence-electron chi connectivity index (χ4n) is 2.94. The highest BCUT2D eigenvalue weighted by Gasteiger charge is 2.14. The van der Waals surface area contributed by atoms with Crippen LogP contribution in [0, 0.1) is 0 Å². The van der Waals surface area contributed by atoms with Gasteiger partial charge in [-0.2, -0.15) is 0 Å². The van der Waals surface area contributed by atoms with Crippen LogP contribution < -0.4 is 20.1 Å². The van der Waals surface area contributed by atoms with Crippen molar-refractivity contribution in [2.45, 2.75) is 13.8 Å². The maximum Gasteiger partial charge on any atom is 0.325 e. The largest absolute Gasteiger partial charge is 0.494 e. The second-order valence-corrected chi connectivity index (χ2v) is 7.15. The Bertz CT molecular complexity index is 1150. The van der Waals surface area contributed by atoms with Gasteiger partial charge in [0.15, 0.2) is 22.2 Å². The third kappa shape index (κ3) is 4.38. The minimum Gasteiger partial charge on any atom is -0.494 e. The number of benzene rings is 2. The summed E-state index contributed by atoms with van der Waals surface area (Å²) in [7, 11) is 0. The second kappa shape index (κ2) is 8.87. The monoisotopic (exact) mass is 423 g/mol. The molecule has 0 bridgehead atoms. The molecule has 0 unspecified atom stereocenters. The van der Waals surface area contributed by atoms with Crippen LogP contribution >= 0.6 is 11.3 Å². The van der Waals surface area contributed by atoms with Crippen LogP contribution in [0.3, 0.4) is 0 Å². The van der Waals surface area contributed by atoms with Gasteiger partial charge in [-0.15, -0.1) is 11.3 Å². The van der Waals surface area contributed by atoms with Crippen molar-refractivity contribution in [1.82, 2.24) is 4.98 Å². The molecule has 2 amide bonds. The molecule has 0 saturated heterocycles. The fraction of sp³-hybridized carbons (Fsp3) is 0.182. The van der Waals surface area contributed by atoms with Gasteiger partial charge in [-0.3, -0.25) is 5.32 Å². The Morgan fingerprint density at radius 1 is 1.07 bits per heavy atom. The van der Waals surface area contributed by atoms with Crippen LogP contribution in [-0.4, -0.2) is 24.2 Å². The molecule has 0 saturated carbocycles. The van der Waals surface area contributed by atoms with Gasteiger partial charge in [0.05, 0.1) is 13.2 Å². The molecule has 2 heterocycles. The lowest BCUT2D eigenvalue weighted by molar-refractivity contribution is 0.262. The molecule has 0 fully saturated rings. The molecular formula is C22H21N3O4S. The van der Waals surface area contributed by atoms with Crippen molar-refractivity contribution in [3.8, 4) is 23.0 Å². The van der Waals surface area contributed by atoms with E-state index in [0.29, 0.717) is 46.8 Å². The third-order valence-corrected chi connectivity index (χ3v) is 4.97. The van der Waals surface area contributed by atoms with Crippen LogP contribution in [0.2, 0.25) is 0 Å². The number of hydrogen-bond donors (Lipinski definition) is 2. The molecule has 2 aromatic heterocycles. The predicted molar refractivity (Wildman–Crippen MR) is 119 cm³/mol. The first-order valence-corrected chi connectivity index (χ1v) is 10.5. The first-order valence-electron chi connectivity index (χ1n) is 9.58. The number of carbonyl (C=O) groups excluding carboxylic acids is 1. The highest BCUT2D eigenvalue weighted by atomic mass is 32.1. The number of amides is 2. The Kier molecular flexibility index (Phi) is 5.85. The number of nitrogens with zero attached hydrogens (tertiary/aromatic N) is 1. The average Bonchev–Trinajstić information content (AvgIpc) is 3.37. The molecule has 2 N–H and O–H groups in total. The van der Waals surface area contributed by atoms with Crippen LogP contribution in [0.25, 0.3) is 22.4 Å². The number of carbonyl (C=O) groups is 1. The fourth-order valence-corrected chi connectivity index (χ4v) is 3.63. The molecule has 0 spiro atoms. The van der Waals surface area contributed by atoms with Gasteiger partial charge >= 0.3 is 6.03 Å². The lowest BCUT2D eigenvalue weighted by Crippen LogP contribution is -2.19. The van der Waals surface area contributed by atoms with Crippen molar-refractivity contribution in [2.24, 2.45) is 0 Å². The molecule has 30 heavy (non-hydrogen) atoms. The third-order valence-electron chi connectivity index (χ3n) is 4.21. The van der Waals surface area contributed by atoms with E-state index in [9.17, 15) is 4.79 Å². The molecular weight excluding hydrogens is 402 g/mol. The zero-order valence-corrected chi connectivity index (χ0v) is 17.4. The zero-order valence-electron chi connectivity index (χ0n) is 16.6. The molecule has 4 rings (SSSR count). The van der Waals surface area contributed by atoms with Crippen molar-refractivity contribution in [2.75, 3.05) is 23.8 Å². The highest BCUT2D eigenvalue weighted by Crippen LogP contribution is 2.34. The molecule has 0 aliphatic rings. The van der Waals surface area contributed by atoms with Gasteiger partial charge in [-0.05, 0) is 50.2 Å². The summed E-state index contributed by atoms with van der Waals surface area (Å²) in [6.45, 7) is 5.01. The molecule has 154 valence electrons. The van der Waals surface area contributed by atoms with Crippen LogP contribution in [0.5, 0.6) is 11.5 Å². The minimum atomic E-state index is -0.372. The number of hydrogen-bond acceptors (Lipinski definition) is 6. The van der Waals surface area contributed by atoms with Crippen LogP contribution in [-0.2, 0) is 0 Å². The molecule has 8 heteroatoms. The van der Waals surface area contributed by atoms with E-state index in [1.54, 1.807) is 24.3 Å². The molecule has 0 aliphatic heterocycles. The lowest BCUT2D eigenvalue weighted by Gasteiger charge is -2.07. The number of para-hydroxylation sites is 1. The van der Waals surface area contributed by atoms with E-state index in [1.807, 2.05) is 43.5 Å². The van der Waals surface area contributed by atoms with E-state index in [2.05, 4.69) is 15.6 Å². The number of urea groups is 1. The number of thiazole rings is 1. The van der Waals surface area contributed by atoms with E-state index >= 15 is 0 Å². The molecule has 4 aromatic rings. The highest BCUT2D eigenvalue weighted by molar-refractivity contribution is 7.14. The Morgan fingerprint density at radius 2 is 1.87 bits per heavy atom. The minimum absolute atomic E-state index is 0.372. The summed E-state index contributed by atoms with van der Waals surface area (Å²) in [5, 5.41) is 8.76. The Labute approximate surface area is 177 Å². The molecule has 2 aromatic carbocycles. The van der Waals surface area contributed by atoms with E-state index in [-0.39, 0.29) is 6.03 Å². The summed E-state index contributed by atoms with van der Waals surface area (Å²) >= 11 is 1.32. The van der Waals surface area contributed by atoms with Gasteiger partial charge in [0.2, 0.25) is 0 Å². The topological polar surface area (TPSA) is 85.6 Å². The number of furan rings is 1. The van der Waals surface area contributed by atoms with Gasteiger partial charge in [-0.25, -0.2) is 9.78 Å². The van der Waals surface area contributed by atoms with Crippen molar-refractivity contribution >= 4 is 39.2 Å². The standard InChI is InChI=1S/C22H21N3O4S/c1-3-27-16-10-8-15(9-11-16)23-21(26)25-22-24-17(13-30-22)19-12-14-6-5-7-18(28-4-2)20(14)29-19/h5-13H,3-4H2,1-2H3,(H2,23,24,25,26). The zero-order chi connectivity index (χ0) is 20.9. The smallest absolute Gasteiger partial charge is 0.325 e. The van der Waals surface area contributed by atoms with Gasteiger partial charge in [0.1, 0.15) is 11.4 Å². The number of anilines is 2. The van der Waals surface area contributed by atoms with E-state index < -0.39 is 0 Å². The lowest BCUT2D eigenvalue weighted by atomic mass is 10.2. The van der Waals surface area contributed by atoms with Crippen molar-refractivity contribution in [1.29, 1.82) is 0 Å². The van der Waals surface area contributed by atoms with Crippen LogP contribution in [0.1, 0.15) is 13.8 Å². The number of rotatable bonds is 7. The Balaban J connectivity index is 1.44. The van der Waals surface area contributed by atoms with E-state index in [4.69, 9.17) is 13.9 Å². The average molecular weight is 423 g/mol. The summed E-state index contributed by atoms with van der Waals surface area (Å²) in [6, 6.07) is 14.5. The maximum absolute atomic E-state index is 12.3. The summed E-state index contributed by atoms with van der Waals surface area (Å²) in [5.41, 5.74) is 1.99. The molecule has 7 nitrogen and oxygen atoms in total. The number of fused-ring (bicyclic) bond motifs is 1. The summed E-state index contributed by atoms with van der Waals surface area (Å²) in [6.07, 6.45) is 0. The van der Waals surface area contributed by atoms with Crippen molar-refractivity contribution in [3.05, 3.63) is 53.9 Å². The van der Waals surface area contributed by atoms with Gasteiger partial charge < -0.3 is 19.2 Å². The summed E-state index contributed by atoms with van der Waals surface area (Å²) in [5.74, 6) is 2.07. The van der Waals surface area contributed by atoms with Crippen LogP contribution in [0.15, 0.2) is 58.3 Å². The number of ether oxygens (including phenoxy) is 2. The van der Waals surface area contributed by atoms with E-state index in [0.717, 1.165) is 11.1 Å². The van der Waals surface area contributed by atoms with Gasteiger partial charge in [0, 0.05) is 16.5 Å². The van der Waals surface area contributed by atoms with E-state index in [1.165, 1.54) is 11.3 Å². The van der Waals surface area contributed by atoms with Gasteiger partial charge in [-0.1, -0.05) is 12.1 Å². The SMILES string of the molecule is CCOc1ccc(NC(=O)Nc2nc(-c3cc4cccc(OCC)c4o3)cs2)cc1. The Morgan fingerprint density at radius 3 is 2.63 bits per heavy atom. The normalized spacial score (nSPS) is 10.7. The van der Waals surface area contributed by atoms with Crippen molar-refractivity contribution in [3.63, 3.8) is 0 Å². The second-order valence-electron chi connectivity index (χ2n) is 6.29. The summed E-state index contributed by atoms with van der Waals surface area (Å²) < 4.78 is 17.0. The summed E-state index contributed by atoms with van der Waals surface area (Å²) in [4.78, 5) is 16.7. The maximum atomic E-state index is 12.3. The first kappa shape index (κ1) is 19.8.